The van der Waals surface area contributed by atoms with Crippen molar-refractivity contribution in [3.05, 3.63) is 59.4 Å². The molecule has 0 aliphatic carbocycles. The number of anilines is 1. The average Bonchev–Trinajstić information content (AvgIpc) is 3.13. The summed E-state index contributed by atoms with van der Waals surface area (Å²) in [6.07, 6.45) is 0.786. The minimum absolute atomic E-state index is 0.0586. The van der Waals surface area contributed by atoms with E-state index < -0.39 is 17.5 Å². The molecule has 5 nitrogen and oxygen atoms in total. The molecule has 0 saturated carbocycles. The van der Waals surface area contributed by atoms with Crippen LogP contribution in [-0.2, 0) is 6.54 Å². The van der Waals surface area contributed by atoms with Crippen molar-refractivity contribution in [3.63, 3.8) is 0 Å². The van der Waals surface area contributed by atoms with Crippen molar-refractivity contribution >= 4 is 11.6 Å². The summed E-state index contributed by atoms with van der Waals surface area (Å²) in [5.41, 5.74) is 1.14. The van der Waals surface area contributed by atoms with Crippen LogP contribution in [0.2, 0.25) is 0 Å². The highest BCUT2D eigenvalue weighted by molar-refractivity contribution is 5.80. The van der Waals surface area contributed by atoms with Gasteiger partial charge in [0.05, 0.1) is 12.8 Å². The molecule has 150 valence electrons. The number of ether oxygens (including phenoxy) is 1. The number of hydrogen-bond acceptors (Lipinski definition) is 3. The molecule has 1 aliphatic heterocycles. The van der Waals surface area contributed by atoms with Gasteiger partial charge in [0.25, 0.3) is 0 Å². The molecular formula is C20H23F3N4O. The second-order valence-corrected chi connectivity index (χ2v) is 6.57. The highest BCUT2D eigenvalue weighted by Crippen LogP contribution is 2.24. The lowest BCUT2D eigenvalue weighted by Gasteiger charge is -2.21. The largest absolute Gasteiger partial charge is 0.494 e. The lowest BCUT2D eigenvalue weighted by molar-refractivity contribution is 0.386. The van der Waals surface area contributed by atoms with E-state index in [1.54, 1.807) is 19.2 Å². The minimum atomic E-state index is -0.588. The summed E-state index contributed by atoms with van der Waals surface area (Å²) >= 11 is 0. The van der Waals surface area contributed by atoms with Gasteiger partial charge in [0.2, 0.25) is 0 Å². The predicted octanol–water partition coefficient (Wildman–Crippen LogP) is 3.06. The molecule has 0 radical (unpaired) electrons. The zero-order valence-electron chi connectivity index (χ0n) is 15.8. The number of halogens is 3. The van der Waals surface area contributed by atoms with Gasteiger partial charge in [-0.2, -0.15) is 0 Å². The summed E-state index contributed by atoms with van der Waals surface area (Å²) in [5.74, 6) is -0.801. The minimum Gasteiger partial charge on any atom is -0.494 e. The molecule has 1 aliphatic rings. The molecular weight excluding hydrogens is 369 g/mol. The maximum absolute atomic E-state index is 14.0. The van der Waals surface area contributed by atoms with Gasteiger partial charge < -0.3 is 20.3 Å². The molecule has 2 N–H and O–H groups in total. The lowest BCUT2D eigenvalue weighted by Crippen LogP contribution is -2.44. The first-order valence-electron chi connectivity index (χ1n) is 8.99. The number of guanidine groups is 1. The SMILES string of the molecule is CN=C(NCc1ccc(OC)c(F)c1)NC1CCN(c2ccc(F)cc2F)C1. The number of benzene rings is 2. The van der Waals surface area contributed by atoms with Gasteiger partial charge in [0, 0.05) is 38.8 Å². The van der Waals surface area contributed by atoms with E-state index in [1.807, 2.05) is 4.90 Å². The zero-order valence-corrected chi connectivity index (χ0v) is 15.8. The monoisotopic (exact) mass is 392 g/mol. The molecule has 0 amide bonds. The van der Waals surface area contributed by atoms with Crippen molar-refractivity contribution in [2.24, 2.45) is 4.99 Å². The van der Waals surface area contributed by atoms with Crippen LogP contribution in [0, 0.1) is 17.5 Å². The summed E-state index contributed by atoms with van der Waals surface area (Å²) < 4.78 is 45.8. The number of nitrogens with zero attached hydrogens (tertiary/aromatic N) is 2. The Bertz CT molecular complexity index is 859. The van der Waals surface area contributed by atoms with Crippen LogP contribution in [0.25, 0.3) is 0 Å². The lowest BCUT2D eigenvalue weighted by atomic mass is 10.2. The van der Waals surface area contributed by atoms with Crippen LogP contribution in [0.15, 0.2) is 41.4 Å². The highest BCUT2D eigenvalue weighted by Gasteiger charge is 2.25. The third-order valence-electron chi connectivity index (χ3n) is 4.68. The van der Waals surface area contributed by atoms with Gasteiger partial charge in [0.1, 0.15) is 11.6 Å². The molecule has 1 unspecified atom stereocenters. The molecule has 8 heteroatoms. The number of nitrogens with one attached hydrogen (secondary N) is 2. The first kappa shape index (κ1) is 19.9. The van der Waals surface area contributed by atoms with Crippen molar-refractivity contribution in [1.29, 1.82) is 0 Å². The van der Waals surface area contributed by atoms with E-state index in [0.717, 1.165) is 18.1 Å². The van der Waals surface area contributed by atoms with E-state index in [9.17, 15) is 13.2 Å². The number of hydrogen-bond donors (Lipinski definition) is 2. The molecule has 28 heavy (non-hydrogen) atoms. The van der Waals surface area contributed by atoms with Crippen molar-refractivity contribution in [2.45, 2.75) is 19.0 Å². The van der Waals surface area contributed by atoms with Gasteiger partial charge in [0.15, 0.2) is 17.5 Å². The summed E-state index contributed by atoms with van der Waals surface area (Å²) in [4.78, 5) is 6.06. The smallest absolute Gasteiger partial charge is 0.191 e. The molecule has 0 aromatic heterocycles. The molecule has 2 aromatic rings. The fraction of sp³-hybridized carbons (Fsp3) is 0.350. The Balaban J connectivity index is 1.54. The average molecular weight is 392 g/mol. The predicted molar refractivity (Wildman–Crippen MR) is 103 cm³/mol. The fourth-order valence-corrected chi connectivity index (χ4v) is 3.23. The van der Waals surface area contributed by atoms with Gasteiger partial charge in [-0.3, -0.25) is 4.99 Å². The molecule has 1 heterocycles. The molecule has 1 atom stereocenters. The second kappa shape index (κ2) is 8.86. The highest BCUT2D eigenvalue weighted by atomic mass is 19.1. The summed E-state index contributed by atoms with van der Waals surface area (Å²) in [7, 11) is 3.07. The molecule has 3 rings (SSSR count). The first-order chi connectivity index (χ1) is 13.5. The molecule has 1 fully saturated rings. The van der Waals surface area contributed by atoms with E-state index in [-0.39, 0.29) is 11.8 Å². The number of aliphatic imine (C=N–C) groups is 1. The Kier molecular flexibility index (Phi) is 6.28. The van der Waals surface area contributed by atoms with E-state index in [1.165, 1.54) is 25.3 Å². The fourth-order valence-electron chi connectivity index (χ4n) is 3.23. The van der Waals surface area contributed by atoms with Crippen LogP contribution in [0.4, 0.5) is 18.9 Å². The van der Waals surface area contributed by atoms with Crippen LogP contribution in [-0.4, -0.2) is 39.2 Å². The maximum atomic E-state index is 14.0. The van der Waals surface area contributed by atoms with Crippen LogP contribution < -0.4 is 20.3 Å². The Morgan fingerprint density at radius 3 is 2.68 bits per heavy atom. The van der Waals surface area contributed by atoms with Crippen molar-refractivity contribution < 1.29 is 17.9 Å². The van der Waals surface area contributed by atoms with Gasteiger partial charge in [-0.05, 0) is 36.2 Å². The Labute approximate surface area is 162 Å². The molecule has 0 bridgehead atoms. The van der Waals surface area contributed by atoms with Crippen molar-refractivity contribution in [1.82, 2.24) is 10.6 Å². The topological polar surface area (TPSA) is 48.9 Å². The third kappa shape index (κ3) is 4.68. The zero-order chi connectivity index (χ0) is 20.1. The summed E-state index contributed by atoms with van der Waals surface area (Å²) in [5, 5.41) is 6.43. The Morgan fingerprint density at radius 2 is 2.00 bits per heavy atom. The number of methoxy groups -OCH3 is 1. The second-order valence-electron chi connectivity index (χ2n) is 6.57. The van der Waals surface area contributed by atoms with Gasteiger partial charge in [-0.1, -0.05) is 6.07 Å². The van der Waals surface area contributed by atoms with Gasteiger partial charge in [-0.15, -0.1) is 0 Å². The Morgan fingerprint density at radius 1 is 1.18 bits per heavy atom. The van der Waals surface area contributed by atoms with Gasteiger partial charge >= 0.3 is 0 Å². The summed E-state index contributed by atoms with van der Waals surface area (Å²) in [6.45, 7) is 1.62. The van der Waals surface area contributed by atoms with Crippen molar-refractivity contribution in [3.8, 4) is 5.75 Å². The van der Waals surface area contributed by atoms with Crippen LogP contribution >= 0.6 is 0 Å². The van der Waals surface area contributed by atoms with E-state index in [4.69, 9.17) is 4.74 Å². The number of rotatable bonds is 5. The van der Waals surface area contributed by atoms with Crippen molar-refractivity contribution in [2.75, 3.05) is 32.1 Å². The Hall–Kier alpha value is -2.90. The quantitative estimate of drug-likeness (QED) is 0.607. The van der Waals surface area contributed by atoms with Crippen LogP contribution in [0.1, 0.15) is 12.0 Å². The molecule has 1 saturated heterocycles. The van der Waals surface area contributed by atoms with Crippen LogP contribution in [0.3, 0.4) is 0 Å². The van der Waals surface area contributed by atoms with Crippen LogP contribution in [0.5, 0.6) is 5.75 Å². The van der Waals surface area contributed by atoms with E-state index in [0.29, 0.717) is 31.3 Å². The van der Waals surface area contributed by atoms with E-state index >= 15 is 0 Å². The maximum Gasteiger partial charge on any atom is 0.191 e. The standard InChI is InChI=1S/C20H23F3N4O/c1-24-20(25-11-13-3-6-19(28-2)17(23)9-13)26-15-7-8-27(12-15)18-5-4-14(21)10-16(18)22/h3-6,9-10,15H,7-8,11-12H2,1-2H3,(H2,24,25,26). The first-order valence-corrected chi connectivity index (χ1v) is 8.99. The van der Waals surface area contributed by atoms with E-state index in [2.05, 4.69) is 15.6 Å². The normalized spacial score (nSPS) is 17.0. The third-order valence-corrected chi connectivity index (χ3v) is 4.68. The molecule has 0 spiro atoms. The van der Waals surface area contributed by atoms with Gasteiger partial charge in [-0.25, -0.2) is 13.2 Å². The summed E-state index contributed by atoms with van der Waals surface area (Å²) in [6, 6.07) is 8.43. The molecule has 2 aromatic carbocycles.